The van der Waals surface area contributed by atoms with Crippen molar-refractivity contribution in [3.05, 3.63) is 11.8 Å². The largest absolute Gasteiger partial charge is 0.421 e. The molecule has 1 aliphatic rings. The van der Waals surface area contributed by atoms with Gasteiger partial charge >= 0.3 is 6.18 Å². The van der Waals surface area contributed by atoms with Crippen LogP contribution in [0, 0.1) is 5.41 Å². The molecule has 0 radical (unpaired) electrons. The molecule has 1 amide bonds. The quantitative estimate of drug-likeness (QED) is 0.371. The van der Waals surface area contributed by atoms with E-state index in [1.54, 1.807) is 11.2 Å². The predicted molar refractivity (Wildman–Crippen MR) is 82.3 cm³/mol. The molecule has 9 heteroatoms. The second-order valence-electron chi connectivity index (χ2n) is 6.01. The number of hydrogen-bond acceptors (Lipinski definition) is 5. The number of hydrogen-bond donors (Lipinski definition) is 1. The van der Waals surface area contributed by atoms with E-state index in [0.29, 0.717) is 26.1 Å². The molecule has 1 fully saturated rings. The number of nitrogens with one attached hydrogen (secondary N) is 1. The standard InChI is InChI=1S/C14H19F3N4OS/c1-13(2)8-21(11(13)22)6-4-5-18-10-9(14(15,16)17)7-19-12(20-10)23-3/h7H,4-6,8H2,1-3H3,(H,18,19,20). The van der Waals surface area contributed by atoms with E-state index < -0.39 is 11.7 Å². The summed E-state index contributed by atoms with van der Waals surface area (Å²) in [4.78, 5) is 21.0. The van der Waals surface area contributed by atoms with Gasteiger partial charge in [0.25, 0.3) is 0 Å². The maximum Gasteiger partial charge on any atom is 0.421 e. The first kappa shape index (κ1) is 17.8. The third kappa shape index (κ3) is 4.07. The average Bonchev–Trinajstić information content (AvgIpc) is 2.48. The van der Waals surface area contributed by atoms with E-state index in [1.165, 1.54) is 11.8 Å². The maximum absolute atomic E-state index is 12.9. The lowest BCUT2D eigenvalue weighted by atomic mass is 9.83. The second kappa shape index (κ2) is 6.54. The number of nitrogens with zero attached hydrogens (tertiary/aromatic N) is 3. The monoisotopic (exact) mass is 348 g/mol. The molecule has 1 aromatic heterocycles. The van der Waals surface area contributed by atoms with Crippen LogP contribution >= 0.6 is 11.8 Å². The van der Waals surface area contributed by atoms with E-state index in [0.717, 1.165) is 6.20 Å². The summed E-state index contributed by atoms with van der Waals surface area (Å²) in [5.74, 6) is -0.132. The molecule has 2 rings (SSSR count). The van der Waals surface area contributed by atoms with E-state index >= 15 is 0 Å². The number of likely N-dealkylation sites (tertiary alicyclic amines) is 1. The van der Waals surface area contributed by atoms with Gasteiger partial charge in [0, 0.05) is 25.8 Å². The lowest BCUT2D eigenvalue weighted by Gasteiger charge is -2.44. The van der Waals surface area contributed by atoms with Crippen molar-refractivity contribution in [1.29, 1.82) is 0 Å². The van der Waals surface area contributed by atoms with E-state index in [1.807, 2.05) is 13.8 Å². The summed E-state index contributed by atoms with van der Waals surface area (Å²) in [6.07, 6.45) is -1.46. The Hall–Kier alpha value is -1.51. The molecule has 0 aromatic carbocycles. The summed E-state index contributed by atoms with van der Waals surface area (Å²) in [7, 11) is 0. The molecule has 0 spiro atoms. The highest BCUT2D eigenvalue weighted by atomic mass is 32.2. The molecule has 1 aromatic rings. The number of carbonyl (C=O) groups excluding carboxylic acids is 1. The summed E-state index contributed by atoms with van der Waals surface area (Å²) in [5.41, 5.74) is -1.19. The molecule has 1 aliphatic heterocycles. The van der Waals surface area contributed by atoms with Crippen molar-refractivity contribution < 1.29 is 18.0 Å². The fourth-order valence-electron chi connectivity index (χ4n) is 2.42. The lowest BCUT2D eigenvalue weighted by Crippen LogP contribution is -2.58. The van der Waals surface area contributed by atoms with Gasteiger partial charge in [-0.15, -0.1) is 0 Å². The van der Waals surface area contributed by atoms with Crippen LogP contribution in [0.4, 0.5) is 19.0 Å². The van der Waals surface area contributed by atoms with Crippen molar-refractivity contribution >= 4 is 23.5 Å². The number of alkyl halides is 3. The van der Waals surface area contributed by atoms with Crippen molar-refractivity contribution in [3.8, 4) is 0 Å². The number of halogens is 3. The van der Waals surface area contributed by atoms with Gasteiger partial charge < -0.3 is 10.2 Å². The Bertz CT molecular complexity index is 592. The molecule has 2 heterocycles. The summed E-state index contributed by atoms with van der Waals surface area (Å²) < 4.78 is 38.8. The van der Waals surface area contributed by atoms with Crippen LogP contribution in [0.2, 0.25) is 0 Å². The summed E-state index contributed by atoms with van der Waals surface area (Å²) >= 11 is 1.18. The van der Waals surface area contributed by atoms with Gasteiger partial charge in [-0.05, 0) is 26.5 Å². The Morgan fingerprint density at radius 1 is 1.43 bits per heavy atom. The van der Waals surface area contributed by atoms with Gasteiger partial charge in [0.15, 0.2) is 5.16 Å². The smallest absolute Gasteiger partial charge is 0.369 e. The normalized spacial score (nSPS) is 17.1. The predicted octanol–water partition coefficient (Wildman–Crippen LogP) is 2.89. The summed E-state index contributed by atoms with van der Waals surface area (Å²) in [5, 5.41) is 2.99. The lowest BCUT2D eigenvalue weighted by molar-refractivity contribution is -0.156. The molecule has 0 unspecified atom stereocenters. The number of rotatable bonds is 6. The number of anilines is 1. The van der Waals surface area contributed by atoms with Crippen molar-refractivity contribution in [2.45, 2.75) is 31.6 Å². The van der Waals surface area contributed by atoms with Crippen molar-refractivity contribution in [1.82, 2.24) is 14.9 Å². The molecular weight excluding hydrogens is 329 g/mol. The zero-order valence-electron chi connectivity index (χ0n) is 13.2. The second-order valence-corrected chi connectivity index (χ2v) is 6.78. The van der Waals surface area contributed by atoms with Crippen LogP contribution in [0.3, 0.4) is 0 Å². The minimum Gasteiger partial charge on any atom is -0.369 e. The van der Waals surface area contributed by atoms with Crippen LogP contribution < -0.4 is 5.32 Å². The summed E-state index contributed by atoms with van der Waals surface area (Å²) in [6.45, 7) is 5.27. The molecule has 1 N–H and O–H groups in total. The topological polar surface area (TPSA) is 58.1 Å². The van der Waals surface area contributed by atoms with Gasteiger partial charge in [0.1, 0.15) is 11.4 Å². The Morgan fingerprint density at radius 2 is 2.13 bits per heavy atom. The molecule has 23 heavy (non-hydrogen) atoms. The SMILES string of the molecule is CSc1ncc(C(F)(F)F)c(NCCCN2CC(C)(C)C2=O)n1. The third-order valence-corrected chi connectivity index (χ3v) is 4.17. The number of β-lactam (4-membered cyclic amide) rings is 1. The van der Waals surface area contributed by atoms with Gasteiger partial charge in [0.2, 0.25) is 5.91 Å². The van der Waals surface area contributed by atoms with Gasteiger partial charge in [-0.1, -0.05) is 11.8 Å². The van der Waals surface area contributed by atoms with Gasteiger partial charge in [-0.25, -0.2) is 9.97 Å². The maximum atomic E-state index is 12.9. The first-order valence-electron chi connectivity index (χ1n) is 7.16. The zero-order valence-corrected chi connectivity index (χ0v) is 14.0. The third-order valence-electron chi connectivity index (χ3n) is 3.60. The van der Waals surface area contributed by atoms with Crippen LogP contribution in [0.1, 0.15) is 25.8 Å². The first-order valence-corrected chi connectivity index (χ1v) is 8.39. The molecular formula is C14H19F3N4OS. The number of carbonyl (C=O) groups is 1. The van der Waals surface area contributed by atoms with Crippen molar-refractivity contribution in [2.24, 2.45) is 5.41 Å². The highest BCUT2D eigenvalue weighted by Crippen LogP contribution is 2.34. The molecule has 0 atom stereocenters. The number of amides is 1. The van der Waals surface area contributed by atoms with Crippen LogP contribution in [-0.2, 0) is 11.0 Å². The van der Waals surface area contributed by atoms with Crippen LogP contribution in [0.5, 0.6) is 0 Å². The van der Waals surface area contributed by atoms with E-state index in [2.05, 4.69) is 15.3 Å². The summed E-state index contributed by atoms with van der Waals surface area (Å²) in [6, 6.07) is 0. The highest BCUT2D eigenvalue weighted by Gasteiger charge is 2.43. The Balaban J connectivity index is 1.91. The Kier molecular flexibility index (Phi) is 5.07. The Labute approximate surface area is 137 Å². The van der Waals surface area contributed by atoms with Crippen LogP contribution in [-0.4, -0.2) is 46.7 Å². The average molecular weight is 348 g/mol. The highest BCUT2D eigenvalue weighted by molar-refractivity contribution is 7.98. The molecule has 0 bridgehead atoms. The minimum absolute atomic E-state index is 0.0835. The van der Waals surface area contributed by atoms with Gasteiger partial charge in [-0.2, -0.15) is 13.2 Å². The molecule has 128 valence electrons. The molecule has 5 nitrogen and oxygen atoms in total. The van der Waals surface area contributed by atoms with E-state index in [9.17, 15) is 18.0 Å². The van der Waals surface area contributed by atoms with Crippen molar-refractivity contribution in [3.63, 3.8) is 0 Å². The fourth-order valence-corrected chi connectivity index (χ4v) is 2.76. The number of aromatic nitrogens is 2. The molecule has 0 aliphatic carbocycles. The van der Waals surface area contributed by atoms with Crippen LogP contribution in [0.15, 0.2) is 11.4 Å². The molecule has 0 saturated carbocycles. The first-order chi connectivity index (χ1) is 10.6. The van der Waals surface area contributed by atoms with Crippen LogP contribution in [0.25, 0.3) is 0 Å². The molecule has 1 saturated heterocycles. The van der Waals surface area contributed by atoms with Gasteiger partial charge in [0.05, 0.1) is 5.41 Å². The van der Waals surface area contributed by atoms with Crippen molar-refractivity contribution in [2.75, 3.05) is 31.2 Å². The van der Waals surface area contributed by atoms with E-state index in [-0.39, 0.29) is 22.3 Å². The number of thioether (sulfide) groups is 1. The zero-order chi connectivity index (χ0) is 17.3. The van der Waals surface area contributed by atoms with Gasteiger partial charge in [-0.3, -0.25) is 4.79 Å². The van der Waals surface area contributed by atoms with E-state index in [4.69, 9.17) is 0 Å². The Morgan fingerprint density at radius 3 is 2.65 bits per heavy atom. The fraction of sp³-hybridized carbons (Fsp3) is 0.643. The minimum atomic E-state index is -4.50.